The summed E-state index contributed by atoms with van der Waals surface area (Å²) in [5.41, 5.74) is -1.08. The van der Waals surface area contributed by atoms with Gasteiger partial charge in [-0.3, -0.25) is 4.40 Å². The molecule has 32 heavy (non-hydrogen) atoms. The van der Waals surface area contributed by atoms with Gasteiger partial charge in [0.1, 0.15) is 28.5 Å². The highest BCUT2D eigenvalue weighted by molar-refractivity contribution is 5.94. The van der Waals surface area contributed by atoms with Gasteiger partial charge in [0.15, 0.2) is 0 Å². The average molecular weight is 449 g/mol. The van der Waals surface area contributed by atoms with Crippen molar-refractivity contribution in [3.05, 3.63) is 66.6 Å². The Morgan fingerprint density at radius 3 is 2.31 bits per heavy atom. The number of hydrogen-bond donors (Lipinski definition) is 0. The summed E-state index contributed by atoms with van der Waals surface area (Å²) < 4.78 is 87.6. The molecule has 0 saturated carbocycles. The number of hydrogen-bond acceptors (Lipinski definition) is 5. The van der Waals surface area contributed by atoms with Crippen LogP contribution in [-0.4, -0.2) is 30.7 Å². The molecule has 5 rings (SSSR count). The van der Waals surface area contributed by atoms with Crippen LogP contribution in [0.5, 0.6) is 0 Å². The minimum absolute atomic E-state index is 0.0175. The second-order valence-corrected chi connectivity index (χ2v) is 6.80. The number of rotatable bonds is 3. The number of nitrogens with zero attached hydrogens (tertiary/aromatic N) is 5. The third-order valence-electron chi connectivity index (χ3n) is 4.81. The zero-order chi connectivity index (χ0) is 22.7. The first-order valence-corrected chi connectivity index (χ1v) is 8.95. The van der Waals surface area contributed by atoms with E-state index in [2.05, 4.69) is 20.2 Å². The monoisotopic (exact) mass is 449 g/mol. The topological polar surface area (TPSA) is 69.1 Å². The van der Waals surface area contributed by atoms with Crippen molar-refractivity contribution in [3.63, 3.8) is 0 Å². The molecule has 0 unspecified atom stereocenters. The molecule has 0 bridgehead atoms. The van der Waals surface area contributed by atoms with Crippen molar-refractivity contribution in [1.29, 1.82) is 0 Å². The van der Waals surface area contributed by atoms with Gasteiger partial charge in [-0.15, -0.1) is 10.2 Å². The van der Waals surface area contributed by atoms with Crippen LogP contribution in [0.25, 0.3) is 39.4 Å². The van der Waals surface area contributed by atoms with Gasteiger partial charge in [0.25, 0.3) is 5.89 Å². The van der Waals surface area contributed by atoms with Gasteiger partial charge in [0.2, 0.25) is 6.39 Å². The normalized spacial score (nSPS) is 12.7. The maximum Gasteiger partial charge on any atom is 0.459 e. The van der Waals surface area contributed by atoms with Crippen LogP contribution in [0.4, 0.5) is 26.3 Å². The molecule has 0 atom stereocenters. The van der Waals surface area contributed by atoms with Crippen molar-refractivity contribution in [2.45, 2.75) is 12.1 Å². The van der Waals surface area contributed by atoms with Crippen LogP contribution in [0.2, 0.25) is 0 Å². The van der Waals surface area contributed by atoms with E-state index in [0.29, 0.717) is 6.07 Å². The molecule has 0 spiro atoms. The molecule has 0 radical (unpaired) electrons. The van der Waals surface area contributed by atoms with Gasteiger partial charge >= 0.3 is 12.1 Å². The Balaban J connectivity index is 1.85. The Morgan fingerprint density at radius 1 is 0.906 bits per heavy atom. The summed E-state index contributed by atoms with van der Waals surface area (Å²) in [5, 5.41) is 7.49. The van der Waals surface area contributed by atoms with E-state index in [4.69, 9.17) is 4.42 Å². The molecule has 0 aliphatic rings. The molecular formula is C20H9F6N5O. The Morgan fingerprint density at radius 2 is 1.66 bits per heavy atom. The van der Waals surface area contributed by atoms with E-state index in [1.54, 1.807) is 0 Å². The lowest BCUT2D eigenvalue weighted by Gasteiger charge is -2.20. The summed E-state index contributed by atoms with van der Waals surface area (Å²) in [4.78, 5) is 7.88. The molecule has 0 fully saturated rings. The Hall–Kier alpha value is -3.96. The first-order valence-electron chi connectivity index (χ1n) is 8.95. The van der Waals surface area contributed by atoms with Gasteiger partial charge in [-0.05, 0) is 41.5 Å². The van der Waals surface area contributed by atoms with Gasteiger partial charge in [0.05, 0.1) is 0 Å². The van der Waals surface area contributed by atoms with E-state index in [1.807, 2.05) is 0 Å². The van der Waals surface area contributed by atoms with Gasteiger partial charge < -0.3 is 4.42 Å². The number of imidazole rings is 1. The maximum absolute atomic E-state index is 14.3. The van der Waals surface area contributed by atoms with Crippen LogP contribution < -0.4 is 0 Å². The maximum atomic E-state index is 14.3. The van der Waals surface area contributed by atoms with E-state index in [1.165, 1.54) is 34.9 Å². The third-order valence-corrected chi connectivity index (χ3v) is 4.81. The smallest absolute Gasteiger partial charge is 0.422 e. The molecule has 12 heteroatoms. The molecule has 0 aliphatic heterocycles. The molecule has 5 aromatic rings. The fourth-order valence-electron chi connectivity index (χ4n) is 3.29. The summed E-state index contributed by atoms with van der Waals surface area (Å²) in [5.74, 6) is -5.79. The lowest BCUT2D eigenvalue weighted by atomic mass is 10.00. The number of pyridine rings is 2. The molecule has 4 aromatic heterocycles. The van der Waals surface area contributed by atoms with Crippen LogP contribution in [0.3, 0.4) is 0 Å². The Labute approximate surface area is 174 Å². The standard InChI is InChI=1S/C20H9F6N5O/c21-11-3-1-10(2-4-11)13-7-15(19(22,23)20(24,25)26)29-17-12(13)5-6-16-28-14(8-31(16)17)18-30-27-9-32-18/h1-9H. The summed E-state index contributed by atoms with van der Waals surface area (Å²) in [6.45, 7) is 0. The number of alkyl halides is 5. The van der Waals surface area contributed by atoms with Crippen molar-refractivity contribution in [2.24, 2.45) is 0 Å². The van der Waals surface area contributed by atoms with E-state index in [0.717, 1.165) is 18.5 Å². The van der Waals surface area contributed by atoms with Crippen LogP contribution >= 0.6 is 0 Å². The quantitative estimate of drug-likeness (QED) is 0.346. The first-order chi connectivity index (χ1) is 15.1. The van der Waals surface area contributed by atoms with Crippen LogP contribution in [0.1, 0.15) is 5.69 Å². The van der Waals surface area contributed by atoms with Gasteiger partial charge in [-0.1, -0.05) is 12.1 Å². The molecule has 1 aromatic carbocycles. The lowest BCUT2D eigenvalue weighted by Crippen LogP contribution is -2.34. The van der Waals surface area contributed by atoms with E-state index in [9.17, 15) is 26.3 Å². The fourth-order valence-corrected chi connectivity index (χ4v) is 3.29. The first kappa shape index (κ1) is 20.0. The zero-order valence-electron chi connectivity index (χ0n) is 15.6. The van der Waals surface area contributed by atoms with E-state index >= 15 is 0 Å². The van der Waals surface area contributed by atoms with Crippen molar-refractivity contribution in [3.8, 4) is 22.7 Å². The van der Waals surface area contributed by atoms with Gasteiger partial charge in [-0.25, -0.2) is 14.4 Å². The SMILES string of the molecule is Fc1ccc(-c2cc(C(F)(F)C(F)(F)F)nc3c2ccc2nc(-c4nnco4)cn23)cc1. The largest absolute Gasteiger partial charge is 0.459 e. The minimum atomic E-state index is -5.87. The fraction of sp³-hybridized carbons (Fsp3) is 0.100. The summed E-state index contributed by atoms with van der Waals surface area (Å²) >= 11 is 0. The Bertz CT molecular complexity index is 1440. The number of benzene rings is 1. The number of fused-ring (bicyclic) bond motifs is 3. The summed E-state index contributed by atoms with van der Waals surface area (Å²) in [7, 11) is 0. The highest BCUT2D eigenvalue weighted by Crippen LogP contribution is 2.45. The number of aromatic nitrogens is 5. The van der Waals surface area contributed by atoms with Crippen molar-refractivity contribution < 1.29 is 30.8 Å². The lowest BCUT2D eigenvalue weighted by molar-refractivity contribution is -0.290. The van der Waals surface area contributed by atoms with Crippen molar-refractivity contribution in [2.75, 3.05) is 0 Å². The van der Waals surface area contributed by atoms with Crippen LogP contribution in [-0.2, 0) is 5.92 Å². The molecule has 0 saturated heterocycles. The Kier molecular flexibility index (Phi) is 4.23. The number of halogens is 6. The van der Waals surface area contributed by atoms with E-state index in [-0.39, 0.29) is 39.4 Å². The third kappa shape index (κ3) is 3.06. The second-order valence-electron chi connectivity index (χ2n) is 6.80. The predicted octanol–water partition coefficient (Wildman–Crippen LogP) is 5.39. The molecular weight excluding hydrogens is 440 g/mol. The summed E-state index contributed by atoms with van der Waals surface area (Å²) in [6, 6.07) is 8.38. The highest BCUT2D eigenvalue weighted by atomic mass is 19.4. The van der Waals surface area contributed by atoms with Crippen molar-refractivity contribution in [1.82, 2.24) is 24.6 Å². The zero-order valence-corrected chi connectivity index (χ0v) is 15.6. The molecule has 6 nitrogen and oxygen atoms in total. The van der Waals surface area contributed by atoms with Crippen LogP contribution in [0.15, 0.2) is 59.5 Å². The average Bonchev–Trinajstić information content (AvgIpc) is 3.42. The molecule has 162 valence electrons. The van der Waals surface area contributed by atoms with Gasteiger partial charge in [-0.2, -0.15) is 22.0 Å². The molecule has 0 N–H and O–H groups in total. The van der Waals surface area contributed by atoms with Gasteiger partial charge in [0, 0.05) is 11.6 Å². The van der Waals surface area contributed by atoms with Crippen molar-refractivity contribution >= 4 is 16.7 Å². The summed E-state index contributed by atoms with van der Waals surface area (Å²) in [6.07, 6.45) is -3.47. The molecule has 4 heterocycles. The molecule has 0 amide bonds. The minimum Gasteiger partial charge on any atom is -0.422 e. The molecule has 0 aliphatic carbocycles. The van der Waals surface area contributed by atoms with E-state index < -0.39 is 23.6 Å². The predicted molar refractivity (Wildman–Crippen MR) is 99.1 cm³/mol. The second kappa shape index (κ2) is 6.77. The highest BCUT2D eigenvalue weighted by Gasteiger charge is 2.60. The van der Waals surface area contributed by atoms with Crippen LogP contribution in [0, 0.1) is 5.82 Å².